The molecule has 2 fully saturated rings. The fraction of sp³-hybridized carbons (Fsp3) is 0.615. The van der Waals surface area contributed by atoms with E-state index in [9.17, 15) is 4.79 Å². The Hall–Kier alpha value is -0.950. The van der Waals surface area contributed by atoms with Gasteiger partial charge in [0.25, 0.3) is 0 Å². The zero-order chi connectivity index (χ0) is 13.3. The maximum absolute atomic E-state index is 11.1. The molecule has 1 aromatic heterocycles. The second-order valence-electron chi connectivity index (χ2n) is 5.17. The predicted molar refractivity (Wildman–Crippen MR) is 72.2 cm³/mol. The van der Waals surface area contributed by atoms with Crippen LogP contribution < -0.4 is 5.73 Å². The number of carbonyl (C=O) groups excluding carboxylic acids is 1. The molecule has 0 aromatic carbocycles. The van der Waals surface area contributed by atoms with Crippen molar-refractivity contribution in [1.29, 1.82) is 0 Å². The molecule has 1 amide bonds. The lowest BCUT2D eigenvalue weighted by molar-refractivity contribution is -0.0745. The molecule has 1 aromatic rings. The SMILES string of the molecule is NC(=O)c1csc(CN2CCOCC23CCOC3)c1. The van der Waals surface area contributed by atoms with Crippen molar-refractivity contribution in [3.8, 4) is 0 Å². The lowest BCUT2D eigenvalue weighted by Crippen LogP contribution is -2.56. The molecule has 1 spiro atoms. The van der Waals surface area contributed by atoms with Crippen molar-refractivity contribution in [2.75, 3.05) is 33.0 Å². The van der Waals surface area contributed by atoms with E-state index in [4.69, 9.17) is 15.2 Å². The molecule has 6 heteroatoms. The van der Waals surface area contributed by atoms with Crippen molar-refractivity contribution in [3.63, 3.8) is 0 Å². The van der Waals surface area contributed by atoms with Crippen LogP contribution in [-0.4, -0.2) is 49.3 Å². The third kappa shape index (κ3) is 2.53. The van der Waals surface area contributed by atoms with E-state index in [1.165, 1.54) is 4.88 Å². The summed E-state index contributed by atoms with van der Waals surface area (Å²) in [6.45, 7) is 4.78. The summed E-state index contributed by atoms with van der Waals surface area (Å²) in [5.41, 5.74) is 5.91. The Morgan fingerprint density at radius 2 is 2.21 bits per heavy atom. The van der Waals surface area contributed by atoms with E-state index in [0.717, 1.165) is 45.9 Å². The minimum absolute atomic E-state index is 0.0229. The second-order valence-corrected chi connectivity index (χ2v) is 6.16. The Labute approximate surface area is 116 Å². The van der Waals surface area contributed by atoms with Crippen LogP contribution in [0, 0.1) is 0 Å². The van der Waals surface area contributed by atoms with Crippen LogP contribution in [0.1, 0.15) is 21.7 Å². The van der Waals surface area contributed by atoms with Gasteiger partial charge in [-0.3, -0.25) is 9.69 Å². The van der Waals surface area contributed by atoms with Gasteiger partial charge in [0.1, 0.15) is 0 Å². The van der Waals surface area contributed by atoms with Gasteiger partial charge in [0.2, 0.25) is 5.91 Å². The van der Waals surface area contributed by atoms with Crippen LogP contribution >= 0.6 is 11.3 Å². The first-order valence-corrected chi connectivity index (χ1v) is 7.35. The topological polar surface area (TPSA) is 64.8 Å². The molecule has 0 saturated carbocycles. The highest BCUT2D eigenvalue weighted by Crippen LogP contribution is 2.31. The van der Waals surface area contributed by atoms with Crippen molar-refractivity contribution in [2.45, 2.75) is 18.5 Å². The number of carbonyl (C=O) groups is 1. The summed E-state index contributed by atoms with van der Waals surface area (Å²) in [4.78, 5) is 14.7. The first-order chi connectivity index (χ1) is 9.20. The second kappa shape index (κ2) is 5.20. The smallest absolute Gasteiger partial charge is 0.249 e. The van der Waals surface area contributed by atoms with E-state index in [1.807, 2.05) is 11.4 Å². The zero-order valence-electron chi connectivity index (χ0n) is 10.8. The number of thiophene rings is 1. The Balaban J connectivity index is 1.74. The van der Waals surface area contributed by atoms with Crippen LogP contribution in [0.5, 0.6) is 0 Å². The molecule has 2 aliphatic heterocycles. The third-order valence-corrected chi connectivity index (χ3v) is 4.84. The van der Waals surface area contributed by atoms with Crippen LogP contribution in [0.4, 0.5) is 0 Å². The number of rotatable bonds is 3. The number of amides is 1. The molecule has 0 bridgehead atoms. The van der Waals surface area contributed by atoms with Crippen molar-refractivity contribution in [2.24, 2.45) is 5.73 Å². The number of hydrogen-bond acceptors (Lipinski definition) is 5. The van der Waals surface area contributed by atoms with E-state index in [1.54, 1.807) is 11.3 Å². The van der Waals surface area contributed by atoms with Gasteiger partial charge in [-0.1, -0.05) is 0 Å². The number of ether oxygens (including phenoxy) is 2. The van der Waals surface area contributed by atoms with Crippen molar-refractivity contribution < 1.29 is 14.3 Å². The summed E-state index contributed by atoms with van der Waals surface area (Å²) >= 11 is 1.59. The molecular formula is C13H18N2O3S. The van der Waals surface area contributed by atoms with Gasteiger partial charge in [-0.05, 0) is 12.5 Å². The van der Waals surface area contributed by atoms with Crippen LogP contribution in [0.2, 0.25) is 0 Å². The molecular weight excluding hydrogens is 264 g/mol. The molecule has 3 rings (SSSR count). The van der Waals surface area contributed by atoms with Gasteiger partial charge in [0.05, 0.1) is 30.9 Å². The van der Waals surface area contributed by atoms with Gasteiger partial charge < -0.3 is 15.2 Å². The van der Waals surface area contributed by atoms with Gasteiger partial charge >= 0.3 is 0 Å². The van der Waals surface area contributed by atoms with Gasteiger partial charge in [0.15, 0.2) is 0 Å². The van der Waals surface area contributed by atoms with E-state index >= 15 is 0 Å². The first kappa shape index (κ1) is 13.1. The average molecular weight is 282 g/mol. The van der Waals surface area contributed by atoms with Crippen LogP contribution in [-0.2, 0) is 16.0 Å². The molecule has 2 N–H and O–H groups in total. The number of morpholine rings is 1. The van der Waals surface area contributed by atoms with E-state index in [2.05, 4.69) is 4.90 Å². The van der Waals surface area contributed by atoms with E-state index in [-0.39, 0.29) is 11.4 Å². The predicted octanol–water partition coefficient (Wildman–Crippen LogP) is 0.838. The molecule has 5 nitrogen and oxygen atoms in total. The highest BCUT2D eigenvalue weighted by atomic mass is 32.1. The number of nitrogens with two attached hydrogens (primary N) is 1. The summed E-state index contributed by atoms with van der Waals surface area (Å²) in [7, 11) is 0. The fourth-order valence-electron chi connectivity index (χ4n) is 2.75. The molecule has 1 unspecified atom stereocenters. The molecule has 1 atom stereocenters. The van der Waals surface area contributed by atoms with E-state index < -0.39 is 0 Å². The van der Waals surface area contributed by atoms with Crippen molar-refractivity contribution >= 4 is 17.2 Å². The Bertz CT molecular complexity index is 468. The summed E-state index contributed by atoms with van der Waals surface area (Å²) in [6, 6.07) is 1.89. The van der Waals surface area contributed by atoms with Gasteiger partial charge in [-0.25, -0.2) is 0 Å². The Kier molecular flexibility index (Phi) is 3.58. The minimum Gasteiger partial charge on any atom is -0.379 e. The molecule has 3 heterocycles. The number of nitrogens with zero attached hydrogens (tertiary/aromatic N) is 1. The summed E-state index contributed by atoms with van der Waals surface area (Å²) < 4.78 is 11.2. The summed E-state index contributed by atoms with van der Waals surface area (Å²) in [6.07, 6.45) is 1.01. The monoisotopic (exact) mass is 282 g/mol. The number of primary amides is 1. The Morgan fingerprint density at radius 3 is 2.89 bits per heavy atom. The van der Waals surface area contributed by atoms with Crippen molar-refractivity contribution in [3.05, 3.63) is 21.9 Å². The fourth-order valence-corrected chi connectivity index (χ4v) is 3.64. The maximum atomic E-state index is 11.1. The summed E-state index contributed by atoms with van der Waals surface area (Å²) in [5.74, 6) is -0.358. The van der Waals surface area contributed by atoms with E-state index in [0.29, 0.717) is 5.56 Å². The molecule has 19 heavy (non-hydrogen) atoms. The highest BCUT2D eigenvalue weighted by molar-refractivity contribution is 7.10. The molecule has 104 valence electrons. The van der Waals surface area contributed by atoms with Gasteiger partial charge in [-0.2, -0.15) is 0 Å². The molecule has 2 aliphatic rings. The largest absolute Gasteiger partial charge is 0.379 e. The summed E-state index contributed by atoms with van der Waals surface area (Å²) in [5, 5.41) is 1.83. The molecule has 2 saturated heterocycles. The highest BCUT2D eigenvalue weighted by Gasteiger charge is 2.43. The maximum Gasteiger partial charge on any atom is 0.249 e. The standard InChI is InChI=1S/C13H18N2O3S/c14-12(16)10-5-11(19-7-10)6-15-2-4-18-9-13(15)1-3-17-8-13/h5,7H,1-4,6,8-9H2,(H2,14,16). The Morgan fingerprint density at radius 1 is 1.42 bits per heavy atom. The third-order valence-electron chi connectivity index (χ3n) is 3.91. The first-order valence-electron chi connectivity index (χ1n) is 6.47. The van der Waals surface area contributed by atoms with Gasteiger partial charge in [0, 0.05) is 30.0 Å². The molecule has 0 aliphatic carbocycles. The van der Waals surface area contributed by atoms with Crippen LogP contribution in [0.25, 0.3) is 0 Å². The quantitative estimate of drug-likeness (QED) is 0.892. The van der Waals surface area contributed by atoms with Gasteiger partial charge in [-0.15, -0.1) is 11.3 Å². The minimum atomic E-state index is -0.358. The molecule has 0 radical (unpaired) electrons. The number of hydrogen-bond donors (Lipinski definition) is 1. The van der Waals surface area contributed by atoms with Crippen LogP contribution in [0.15, 0.2) is 11.4 Å². The average Bonchev–Trinajstić information content (AvgIpc) is 3.02. The zero-order valence-corrected chi connectivity index (χ0v) is 11.6. The van der Waals surface area contributed by atoms with Crippen LogP contribution in [0.3, 0.4) is 0 Å². The normalized spacial score (nSPS) is 28.0. The lowest BCUT2D eigenvalue weighted by atomic mass is 9.96. The lowest BCUT2D eigenvalue weighted by Gasteiger charge is -2.43. The van der Waals surface area contributed by atoms with Crippen molar-refractivity contribution in [1.82, 2.24) is 4.90 Å².